The molecule has 0 aliphatic carbocycles. The maximum atomic E-state index is 12.5. The molecule has 0 aromatic carbocycles. The molecule has 6 heteroatoms. The van der Waals surface area contributed by atoms with Gasteiger partial charge in [0.15, 0.2) is 0 Å². The van der Waals surface area contributed by atoms with E-state index in [9.17, 15) is 19.8 Å². The van der Waals surface area contributed by atoms with E-state index < -0.39 is 12.1 Å². The molecule has 2 atom stereocenters. The van der Waals surface area contributed by atoms with E-state index in [1.54, 1.807) is 6.08 Å². The van der Waals surface area contributed by atoms with Crippen molar-refractivity contribution in [3.05, 3.63) is 36.5 Å². The van der Waals surface area contributed by atoms with Crippen LogP contribution in [-0.2, 0) is 14.3 Å². The Balaban J connectivity index is 3.45. The van der Waals surface area contributed by atoms with E-state index in [2.05, 4.69) is 43.5 Å². The SMILES string of the molecule is CCCCCC/C=C\CCCCCCCC(=O)OCCCCCCCCCCCCC/C=C\CCCCCCCCCC(=O)NC(CO)C(O)/C=C/CCCCCCCCCCCCCCCCCC. The highest BCUT2D eigenvalue weighted by atomic mass is 16.5. The first-order valence-electron chi connectivity index (χ1n) is 31.3. The molecule has 0 spiro atoms. The van der Waals surface area contributed by atoms with Crippen LogP contribution in [0, 0.1) is 0 Å². The van der Waals surface area contributed by atoms with Crippen LogP contribution in [0.4, 0.5) is 0 Å². The van der Waals surface area contributed by atoms with E-state index in [-0.39, 0.29) is 18.5 Å². The zero-order valence-corrected chi connectivity index (χ0v) is 47.0. The van der Waals surface area contributed by atoms with Crippen LogP contribution in [0.1, 0.15) is 335 Å². The van der Waals surface area contributed by atoms with E-state index in [0.29, 0.717) is 19.4 Å². The predicted molar refractivity (Wildman–Crippen MR) is 306 cm³/mol. The summed E-state index contributed by atoms with van der Waals surface area (Å²) in [5.74, 6) is -0.0730. The number of aliphatic hydroxyl groups excluding tert-OH is 2. The van der Waals surface area contributed by atoms with E-state index in [1.165, 1.54) is 257 Å². The fourth-order valence-electron chi connectivity index (χ4n) is 9.57. The zero-order chi connectivity index (χ0) is 50.7. The topological polar surface area (TPSA) is 95.9 Å². The van der Waals surface area contributed by atoms with Crippen LogP contribution in [0.3, 0.4) is 0 Å². The Labute approximate surface area is 436 Å². The van der Waals surface area contributed by atoms with Crippen molar-refractivity contribution in [3.8, 4) is 0 Å². The van der Waals surface area contributed by atoms with Crippen LogP contribution in [0.25, 0.3) is 0 Å². The summed E-state index contributed by atoms with van der Waals surface area (Å²) < 4.78 is 5.47. The van der Waals surface area contributed by atoms with Crippen LogP contribution in [-0.4, -0.2) is 47.4 Å². The van der Waals surface area contributed by atoms with Crippen LogP contribution >= 0.6 is 0 Å². The van der Waals surface area contributed by atoms with E-state index in [4.69, 9.17) is 4.74 Å². The molecule has 6 nitrogen and oxygen atoms in total. The predicted octanol–water partition coefficient (Wildman–Crippen LogP) is 19.6. The number of hydrogen-bond donors (Lipinski definition) is 3. The van der Waals surface area contributed by atoms with Crippen molar-refractivity contribution in [2.24, 2.45) is 0 Å². The van der Waals surface area contributed by atoms with Gasteiger partial charge in [-0.2, -0.15) is 0 Å². The lowest BCUT2D eigenvalue weighted by Gasteiger charge is -2.20. The third-order valence-corrected chi connectivity index (χ3v) is 14.4. The molecular formula is C64H121NO5. The molecule has 2 unspecified atom stereocenters. The quantitative estimate of drug-likeness (QED) is 0.0321. The van der Waals surface area contributed by atoms with Crippen LogP contribution in [0.15, 0.2) is 36.5 Å². The standard InChI is InChI=1S/C64H121NO5/c1-3-5-7-9-11-13-15-17-18-19-26-29-33-36-40-44-48-52-56-62(67)61(60-66)65-63(68)57-53-49-45-41-37-34-30-27-24-22-20-21-23-25-28-31-35-39-43-47-51-55-59-70-64(69)58-54-50-46-42-38-32-16-14-12-10-8-6-4-2/h14,16,22,24,52,56,61-62,66-67H,3-13,15,17-21,23,25-51,53-55,57-60H2,1-2H3,(H,65,68)/b16-14-,24-22-,56-52+. The highest BCUT2D eigenvalue weighted by Gasteiger charge is 2.18. The van der Waals surface area contributed by atoms with Gasteiger partial charge in [-0.15, -0.1) is 0 Å². The van der Waals surface area contributed by atoms with Crippen LogP contribution in [0.5, 0.6) is 0 Å². The van der Waals surface area contributed by atoms with Gasteiger partial charge in [-0.05, 0) is 83.5 Å². The maximum absolute atomic E-state index is 12.5. The summed E-state index contributed by atoms with van der Waals surface area (Å²) in [5.41, 5.74) is 0. The minimum Gasteiger partial charge on any atom is -0.466 e. The molecule has 0 saturated carbocycles. The van der Waals surface area contributed by atoms with E-state index in [0.717, 1.165) is 51.4 Å². The highest BCUT2D eigenvalue weighted by Crippen LogP contribution is 2.17. The average molecular weight is 985 g/mol. The van der Waals surface area contributed by atoms with Crippen LogP contribution in [0.2, 0.25) is 0 Å². The van der Waals surface area contributed by atoms with Gasteiger partial charge in [-0.3, -0.25) is 9.59 Å². The Morgan fingerprint density at radius 3 is 1.03 bits per heavy atom. The highest BCUT2D eigenvalue weighted by molar-refractivity contribution is 5.76. The molecule has 0 rings (SSSR count). The summed E-state index contributed by atoms with van der Waals surface area (Å²) in [6, 6.07) is -0.634. The number of carbonyl (C=O) groups excluding carboxylic acids is 2. The van der Waals surface area contributed by atoms with Gasteiger partial charge < -0.3 is 20.3 Å². The number of rotatable bonds is 58. The van der Waals surface area contributed by atoms with Crippen molar-refractivity contribution in [1.82, 2.24) is 5.32 Å². The second kappa shape index (κ2) is 59.6. The number of esters is 1. The zero-order valence-electron chi connectivity index (χ0n) is 47.0. The minimum atomic E-state index is -0.849. The van der Waals surface area contributed by atoms with Crippen molar-refractivity contribution in [2.45, 2.75) is 347 Å². The van der Waals surface area contributed by atoms with Gasteiger partial charge in [0.25, 0.3) is 0 Å². The minimum absolute atomic E-state index is 0.000139. The lowest BCUT2D eigenvalue weighted by molar-refractivity contribution is -0.143. The molecule has 0 aromatic rings. The molecule has 0 aromatic heterocycles. The Bertz CT molecular complexity index is 1130. The van der Waals surface area contributed by atoms with Crippen molar-refractivity contribution in [1.29, 1.82) is 0 Å². The number of ether oxygens (including phenoxy) is 1. The average Bonchev–Trinajstić information content (AvgIpc) is 3.36. The third-order valence-electron chi connectivity index (χ3n) is 14.4. The first-order chi connectivity index (χ1) is 34.5. The molecule has 70 heavy (non-hydrogen) atoms. The van der Waals surface area contributed by atoms with E-state index in [1.807, 2.05) is 6.08 Å². The van der Waals surface area contributed by atoms with Gasteiger partial charge in [-0.25, -0.2) is 0 Å². The summed E-state index contributed by atoms with van der Waals surface area (Å²) in [5, 5.41) is 23.2. The Morgan fingerprint density at radius 2 is 0.671 bits per heavy atom. The van der Waals surface area contributed by atoms with Crippen LogP contribution < -0.4 is 5.32 Å². The second-order valence-corrected chi connectivity index (χ2v) is 21.4. The molecule has 0 bridgehead atoms. The van der Waals surface area contributed by atoms with Gasteiger partial charge >= 0.3 is 5.97 Å². The number of amides is 1. The number of nitrogens with one attached hydrogen (secondary N) is 1. The number of unbranched alkanes of at least 4 members (excludes halogenated alkanes) is 43. The molecule has 0 fully saturated rings. The first-order valence-corrected chi connectivity index (χ1v) is 31.3. The maximum Gasteiger partial charge on any atom is 0.305 e. The van der Waals surface area contributed by atoms with Crippen molar-refractivity contribution in [2.75, 3.05) is 13.2 Å². The van der Waals surface area contributed by atoms with Crippen molar-refractivity contribution in [3.63, 3.8) is 0 Å². The number of allylic oxidation sites excluding steroid dienone is 5. The fraction of sp³-hybridized carbons (Fsp3) is 0.875. The van der Waals surface area contributed by atoms with Crippen molar-refractivity contribution >= 4 is 11.9 Å². The Morgan fingerprint density at radius 1 is 0.386 bits per heavy atom. The molecule has 0 heterocycles. The smallest absolute Gasteiger partial charge is 0.305 e. The number of carbonyl (C=O) groups is 2. The van der Waals surface area contributed by atoms with Gasteiger partial charge in [0.1, 0.15) is 0 Å². The second-order valence-electron chi connectivity index (χ2n) is 21.4. The summed E-state index contributed by atoms with van der Waals surface area (Å²) in [7, 11) is 0. The fourth-order valence-corrected chi connectivity index (χ4v) is 9.57. The molecule has 3 N–H and O–H groups in total. The summed E-state index contributed by atoms with van der Waals surface area (Å²) in [4.78, 5) is 24.5. The largest absolute Gasteiger partial charge is 0.466 e. The molecule has 0 radical (unpaired) electrons. The van der Waals surface area contributed by atoms with Gasteiger partial charge in [-0.1, -0.05) is 275 Å². The molecule has 0 aliphatic rings. The molecule has 0 saturated heterocycles. The molecule has 1 amide bonds. The van der Waals surface area contributed by atoms with E-state index >= 15 is 0 Å². The van der Waals surface area contributed by atoms with Gasteiger partial charge in [0, 0.05) is 12.8 Å². The monoisotopic (exact) mass is 984 g/mol. The molecular weight excluding hydrogens is 863 g/mol. The third kappa shape index (κ3) is 55.4. The first kappa shape index (κ1) is 68.1. The molecule has 0 aliphatic heterocycles. The molecule has 412 valence electrons. The lowest BCUT2D eigenvalue weighted by Crippen LogP contribution is -2.45. The summed E-state index contributed by atoms with van der Waals surface area (Å²) >= 11 is 0. The Kier molecular flexibility index (Phi) is 58.0. The van der Waals surface area contributed by atoms with Crippen molar-refractivity contribution < 1.29 is 24.5 Å². The number of aliphatic hydroxyl groups is 2. The van der Waals surface area contributed by atoms with Gasteiger partial charge in [0.2, 0.25) is 5.91 Å². The summed E-state index contributed by atoms with van der Waals surface area (Å²) in [6.07, 6.45) is 74.7. The lowest BCUT2D eigenvalue weighted by atomic mass is 10.0. The normalized spacial score (nSPS) is 12.8. The van der Waals surface area contributed by atoms with Gasteiger partial charge in [0.05, 0.1) is 25.4 Å². The summed E-state index contributed by atoms with van der Waals surface area (Å²) in [6.45, 7) is 4.90. The Hall–Kier alpha value is -1.92. The number of hydrogen-bond acceptors (Lipinski definition) is 5.